The van der Waals surface area contributed by atoms with Gasteiger partial charge in [0, 0.05) is 24.8 Å². The Hall–Kier alpha value is -1.43. The SMILES string of the molecule is COCCn1c(-c2cccs2)ccc(C(C)(C)N)c1=O. The van der Waals surface area contributed by atoms with Gasteiger partial charge in [0.15, 0.2) is 0 Å². The average molecular weight is 292 g/mol. The first kappa shape index (κ1) is 15.0. The standard InChI is InChI=1S/C15H20N2O2S/c1-15(2,16)11-6-7-12(13-5-4-10-20-13)17(14(11)18)8-9-19-3/h4-7,10H,8-9,16H2,1-3H3. The zero-order chi connectivity index (χ0) is 14.8. The van der Waals surface area contributed by atoms with Crippen molar-refractivity contribution in [2.45, 2.75) is 25.9 Å². The number of nitrogens with zero attached hydrogens (tertiary/aromatic N) is 1. The van der Waals surface area contributed by atoms with Crippen molar-refractivity contribution in [3.05, 3.63) is 45.6 Å². The first-order valence-corrected chi connectivity index (χ1v) is 7.39. The number of nitrogens with two attached hydrogens (primary N) is 1. The molecular weight excluding hydrogens is 272 g/mol. The van der Waals surface area contributed by atoms with Gasteiger partial charge in [-0.2, -0.15) is 0 Å². The molecule has 2 rings (SSSR count). The molecule has 2 aromatic heterocycles. The van der Waals surface area contributed by atoms with Crippen LogP contribution in [0.5, 0.6) is 0 Å². The fourth-order valence-electron chi connectivity index (χ4n) is 2.11. The summed E-state index contributed by atoms with van der Waals surface area (Å²) in [5.74, 6) is 0. The van der Waals surface area contributed by atoms with Gasteiger partial charge in [-0.25, -0.2) is 0 Å². The van der Waals surface area contributed by atoms with Crippen LogP contribution in [0.4, 0.5) is 0 Å². The maximum Gasteiger partial charge on any atom is 0.256 e. The molecular formula is C15H20N2O2S. The molecule has 0 aliphatic rings. The van der Waals surface area contributed by atoms with Gasteiger partial charge in [-0.3, -0.25) is 4.79 Å². The van der Waals surface area contributed by atoms with E-state index in [1.807, 2.05) is 43.5 Å². The van der Waals surface area contributed by atoms with E-state index < -0.39 is 5.54 Å². The van der Waals surface area contributed by atoms with Crippen LogP contribution in [0.1, 0.15) is 19.4 Å². The molecule has 2 N–H and O–H groups in total. The molecule has 0 aliphatic carbocycles. The van der Waals surface area contributed by atoms with Crippen molar-refractivity contribution in [2.75, 3.05) is 13.7 Å². The van der Waals surface area contributed by atoms with Crippen LogP contribution in [-0.4, -0.2) is 18.3 Å². The van der Waals surface area contributed by atoms with Crippen molar-refractivity contribution in [3.63, 3.8) is 0 Å². The molecule has 0 bridgehead atoms. The molecule has 0 saturated carbocycles. The number of thiophene rings is 1. The Morgan fingerprint density at radius 2 is 2.10 bits per heavy atom. The van der Waals surface area contributed by atoms with E-state index >= 15 is 0 Å². The topological polar surface area (TPSA) is 57.2 Å². The van der Waals surface area contributed by atoms with Crippen LogP contribution in [-0.2, 0) is 16.8 Å². The Bertz CT molecular complexity index is 624. The number of pyridine rings is 1. The minimum atomic E-state index is -0.653. The van der Waals surface area contributed by atoms with Gasteiger partial charge in [-0.15, -0.1) is 11.3 Å². The number of rotatable bonds is 5. The van der Waals surface area contributed by atoms with Gasteiger partial charge in [0.1, 0.15) is 0 Å². The highest BCUT2D eigenvalue weighted by Crippen LogP contribution is 2.25. The van der Waals surface area contributed by atoms with Crippen LogP contribution < -0.4 is 11.3 Å². The molecule has 0 fully saturated rings. The Balaban J connectivity index is 2.59. The third kappa shape index (κ3) is 3.00. The third-order valence-electron chi connectivity index (χ3n) is 3.16. The molecule has 2 heterocycles. The Morgan fingerprint density at radius 1 is 1.35 bits per heavy atom. The molecule has 0 aliphatic heterocycles. The van der Waals surface area contributed by atoms with Crippen LogP contribution in [0.3, 0.4) is 0 Å². The zero-order valence-electron chi connectivity index (χ0n) is 12.1. The van der Waals surface area contributed by atoms with E-state index in [9.17, 15) is 4.79 Å². The monoisotopic (exact) mass is 292 g/mol. The summed E-state index contributed by atoms with van der Waals surface area (Å²) in [5.41, 5.74) is 6.92. The molecule has 4 nitrogen and oxygen atoms in total. The highest BCUT2D eigenvalue weighted by molar-refractivity contribution is 7.13. The van der Waals surface area contributed by atoms with E-state index in [0.29, 0.717) is 18.7 Å². The molecule has 0 saturated heterocycles. The lowest BCUT2D eigenvalue weighted by atomic mass is 9.96. The number of hydrogen-bond donors (Lipinski definition) is 1. The predicted molar refractivity (Wildman–Crippen MR) is 83.1 cm³/mol. The smallest absolute Gasteiger partial charge is 0.256 e. The van der Waals surface area contributed by atoms with Crippen molar-refractivity contribution in [2.24, 2.45) is 5.73 Å². The molecule has 0 aromatic carbocycles. The maximum absolute atomic E-state index is 12.7. The summed E-state index contributed by atoms with van der Waals surface area (Å²) >= 11 is 1.61. The van der Waals surface area contributed by atoms with Gasteiger partial charge in [0.2, 0.25) is 0 Å². The summed E-state index contributed by atoms with van der Waals surface area (Å²) in [6.07, 6.45) is 0. The summed E-state index contributed by atoms with van der Waals surface area (Å²) in [4.78, 5) is 13.7. The molecule has 108 valence electrons. The van der Waals surface area contributed by atoms with Crippen molar-refractivity contribution in [1.82, 2.24) is 4.57 Å². The van der Waals surface area contributed by atoms with E-state index in [1.54, 1.807) is 23.0 Å². The van der Waals surface area contributed by atoms with Crippen LogP contribution in [0.15, 0.2) is 34.4 Å². The molecule has 0 amide bonds. The van der Waals surface area contributed by atoms with E-state index in [-0.39, 0.29) is 5.56 Å². The fourth-order valence-corrected chi connectivity index (χ4v) is 2.87. The first-order chi connectivity index (χ1) is 9.45. The number of aromatic nitrogens is 1. The van der Waals surface area contributed by atoms with Crippen LogP contribution >= 0.6 is 11.3 Å². The van der Waals surface area contributed by atoms with Gasteiger partial charge in [0.05, 0.1) is 17.2 Å². The number of ether oxygens (including phenoxy) is 1. The fraction of sp³-hybridized carbons (Fsp3) is 0.400. The van der Waals surface area contributed by atoms with Crippen molar-refractivity contribution < 1.29 is 4.74 Å². The zero-order valence-corrected chi connectivity index (χ0v) is 12.9. The summed E-state index contributed by atoms with van der Waals surface area (Å²) < 4.78 is 6.86. The second-order valence-electron chi connectivity index (χ2n) is 5.28. The van der Waals surface area contributed by atoms with Gasteiger partial charge >= 0.3 is 0 Å². The van der Waals surface area contributed by atoms with Crippen LogP contribution in [0.2, 0.25) is 0 Å². The summed E-state index contributed by atoms with van der Waals surface area (Å²) in [5, 5.41) is 2.00. The van der Waals surface area contributed by atoms with Gasteiger partial charge < -0.3 is 15.0 Å². The van der Waals surface area contributed by atoms with Crippen LogP contribution in [0, 0.1) is 0 Å². The van der Waals surface area contributed by atoms with E-state index in [0.717, 1.165) is 10.6 Å². The summed E-state index contributed by atoms with van der Waals surface area (Å²) in [6, 6.07) is 7.79. The lowest BCUT2D eigenvalue weighted by molar-refractivity contribution is 0.186. The second kappa shape index (κ2) is 5.91. The Labute approximate surface area is 122 Å². The molecule has 20 heavy (non-hydrogen) atoms. The summed E-state index contributed by atoms with van der Waals surface area (Å²) in [7, 11) is 1.63. The molecule has 0 radical (unpaired) electrons. The lowest BCUT2D eigenvalue weighted by Gasteiger charge is -2.21. The molecule has 2 aromatic rings. The predicted octanol–water partition coefficient (Wildman–Crippen LogP) is 2.42. The molecule has 0 unspecified atom stereocenters. The van der Waals surface area contributed by atoms with E-state index in [4.69, 9.17) is 10.5 Å². The van der Waals surface area contributed by atoms with Crippen molar-refractivity contribution >= 4 is 11.3 Å². The molecule has 0 atom stereocenters. The quantitative estimate of drug-likeness (QED) is 0.920. The highest BCUT2D eigenvalue weighted by Gasteiger charge is 2.21. The molecule has 5 heteroatoms. The Morgan fingerprint density at radius 3 is 2.65 bits per heavy atom. The average Bonchev–Trinajstić information content (AvgIpc) is 2.89. The number of hydrogen-bond acceptors (Lipinski definition) is 4. The minimum Gasteiger partial charge on any atom is -0.383 e. The van der Waals surface area contributed by atoms with Crippen molar-refractivity contribution in [1.29, 1.82) is 0 Å². The molecule has 0 spiro atoms. The van der Waals surface area contributed by atoms with E-state index in [2.05, 4.69) is 0 Å². The summed E-state index contributed by atoms with van der Waals surface area (Å²) in [6.45, 7) is 4.70. The largest absolute Gasteiger partial charge is 0.383 e. The van der Waals surface area contributed by atoms with Gasteiger partial charge in [-0.1, -0.05) is 6.07 Å². The van der Waals surface area contributed by atoms with Crippen LogP contribution in [0.25, 0.3) is 10.6 Å². The minimum absolute atomic E-state index is 0.0412. The third-order valence-corrected chi connectivity index (χ3v) is 4.05. The Kier molecular flexibility index (Phi) is 4.42. The first-order valence-electron chi connectivity index (χ1n) is 6.51. The second-order valence-corrected chi connectivity index (χ2v) is 6.23. The van der Waals surface area contributed by atoms with Gasteiger partial charge in [-0.05, 0) is 37.4 Å². The van der Waals surface area contributed by atoms with Crippen molar-refractivity contribution in [3.8, 4) is 10.6 Å². The normalized spacial score (nSPS) is 11.8. The van der Waals surface area contributed by atoms with E-state index in [1.165, 1.54) is 0 Å². The maximum atomic E-state index is 12.7. The number of methoxy groups -OCH3 is 1. The highest BCUT2D eigenvalue weighted by atomic mass is 32.1. The van der Waals surface area contributed by atoms with Gasteiger partial charge in [0.25, 0.3) is 5.56 Å². The lowest BCUT2D eigenvalue weighted by Crippen LogP contribution is -2.38.